The summed E-state index contributed by atoms with van der Waals surface area (Å²) >= 11 is 1.30. The lowest BCUT2D eigenvalue weighted by Gasteiger charge is -2.06. The summed E-state index contributed by atoms with van der Waals surface area (Å²) in [5.41, 5.74) is 0.783. The minimum absolute atomic E-state index is 0.129. The molecule has 0 saturated heterocycles. The van der Waals surface area contributed by atoms with E-state index in [2.05, 4.69) is 0 Å². The molecule has 0 spiro atoms. The number of ketones is 1. The number of carbonyl (C=O) groups is 2. The van der Waals surface area contributed by atoms with Crippen molar-refractivity contribution in [3.05, 3.63) is 46.0 Å². The monoisotopic (exact) mass is 278 g/mol. The summed E-state index contributed by atoms with van der Waals surface area (Å²) in [6.07, 6.45) is 1.51. The molecule has 0 radical (unpaired) electrons. The lowest BCUT2D eigenvalue weighted by molar-refractivity contribution is -0.146. The molecule has 19 heavy (non-hydrogen) atoms. The van der Waals surface area contributed by atoms with E-state index in [0.717, 1.165) is 5.56 Å². The molecule has 0 aliphatic carbocycles. The average molecular weight is 278 g/mol. The van der Waals surface area contributed by atoms with E-state index >= 15 is 0 Å². The first-order chi connectivity index (χ1) is 9.06. The van der Waals surface area contributed by atoms with Gasteiger partial charge in [0.15, 0.2) is 5.76 Å². The molecule has 100 valence electrons. The largest absolute Gasteiger partial charge is 0.463 e. The standard InChI is InChI=1S/C14H14O4S/c1-9(2)18-13(15)7-10-6-12(19-8-10)14(16)11-4-3-5-17-11/h3-6,8-9H,7H2,1-2H3. The molecule has 4 nitrogen and oxygen atoms in total. The molecule has 2 rings (SSSR count). The van der Waals surface area contributed by atoms with Gasteiger partial charge in [-0.2, -0.15) is 0 Å². The number of esters is 1. The van der Waals surface area contributed by atoms with Crippen LogP contribution >= 0.6 is 11.3 Å². The van der Waals surface area contributed by atoms with Crippen LogP contribution in [0, 0.1) is 0 Å². The maximum atomic E-state index is 12.0. The van der Waals surface area contributed by atoms with Crippen molar-refractivity contribution in [2.75, 3.05) is 0 Å². The Morgan fingerprint density at radius 1 is 1.42 bits per heavy atom. The number of furan rings is 1. The summed E-state index contributed by atoms with van der Waals surface area (Å²) in [6.45, 7) is 3.61. The van der Waals surface area contributed by atoms with Gasteiger partial charge in [-0.3, -0.25) is 9.59 Å². The van der Waals surface area contributed by atoms with Crippen molar-refractivity contribution in [1.29, 1.82) is 0 Å². The summed E-state index contributed by atoms with van der Waals surface area (Å²) in [5, 5.41) is 1.79. The molecule has 0 atom stereocenters. The Bertz CT molecular complexity index is 566. The fourth-order valence-corrected chi connectivity index (χ4v) is 2.44. The average Bonchev–Trinajstić information content (AvgIpc) is 2.96. The highest BCUT2D eigenvalue weighted by Crippen LogP contribution is 2.19. The van der Waals surface area contributed by atoms with E-state index in [-0.39, 0.29) is 24.3 Å². The molecule has 0 unspecified atom stereocenters. The SMILES string of the molecule is CC(C)OC(=O)Cc1csc(C(=O)c2ccco2)c1. The number of hydrogen-bond donors (Lipinski definition) is 0. The Morgan fingerprint density at radius 3 is 2.84 bits per heavy atom. The smallest absolute Gasteiger partial charge is 0.310 e. The van der Waals surface area contributed by atoms with Crippen LogP contribution in [0.1, 0.15) is 34.8 Å². The third kappa shape index (κ3) is 3.54. The Balaban J connectivity index is 2.03. The zero-order valence-corrected chi connectivity index (χ0v) is 11.5. The summed E-state index contributed by atoms with van der Waals surface area (Å²) in [7, 11) is 0. The predicted molar refractivity (Wildman–Crippen MR) is 71.4 cm³/mol. The molecule has 0 aliphatic rings. The predicted octanol–water partition coefficient (Wildman–Crippen LogP) is 3.07. The fourth-order valence-electron chi connectivity index (χ4n) is 1.59. The highest BCUT2D eigenvalue weighted by Gasteiger charge is 2.16. The molecule has 0 fully saturated rings. The maximum Gasteiger partial charge on any atom is 0.310 e. The number of hydrogen-bond acceptors (Lipinski definition) is 5. The van der Waals surface area contributed by atoms with Crippen LogP contribution in [-0.4, -0.2) is 17.9 Å². The molecule has 0 saturated carbocycles. The summed E-state index contributed by atoms with van der Waals surface area (Å²) in [4.78, 5) is 24.1. The number of rotatable bonds is 5. The van der Waals surface area contributed by atoms with Crippen LogP contribution in [0.25, 0.3) is 0 Å². The van der Waals surface area contributed by atoms with Gasteiger partial charge < -0.3 is 9.15 Å². The molecule has 0 N–H and O–H groups in total. The number of carbonyl (C=O) groups excluding carboxylic acids is 2. The van der Waals surface area contributed by atoms with E-state index in [0.29, 0.717) is 10.6 Å². The summed E-state index contributed by atoms with van der Waals surface area (Å²) < 4.78 is 10.1. The molecule has 0 aromatic carbocycles. The maximum absolute atomic E-state index is 12.0. The number of thiophene rings is 1. The zero-order valence-electron chi connectivity index (χ0n) is 10.7. The molecule has 0 amide bonds. The second-order valence-corrected chi connectivity index (χ2v) is 5.25. The molecular weight excluding hydrogens is 264 g/mol. The highest BCUT2D eigenvalue weighted by molar-refractivity contribution is 7.12. The molecular formula is C14H14O4S. The highest BCUT2D eigenvalue weighted by atomic mass is 32.1. The van der Waals surface area contributed by atoms with Crippen molar-refractivity contribution in [2.45, 2.75) is 26.4 Å². The van der Waals surface area contributed by atoms with E-state index in [1.54, 1.807) is 37.4 Å². The second kappa shape index (κ2) is 5.84. The van der Waals surface area contributed by atoms with Gasteiger partial charge in [0.2, 0.25) is 5.78 Å². The van der Waals surface area contributed by atoms with Gasteiger partial charge in [-0.1, -0.05) is 0 Å². The van der Waals surface area contributed by atoms with Gasteiger partial charge in [-0.05, 0) is 43.0 Å². The van der Waals surface area contributed by atoms with E-state index < -0.39 is 0 Å². The fraction of sp³-hybridized carbons (Fsp3) is 0.286. The zero-order chi connectivity index (χ0) is 13.8. The summed E-state index contributed by atoms with van der Waals surface area (Å²) in [6, 6.07) is 4.99. The van der Waals surface area contributed by atoms with Crippen molar-refractivity contribution >= 4 is 23.1 Å². The normalized spacial score (nSPS) is 10.7. The Kier molecular flexibility index (Phi) is 4.16. The Labute approximate surface area is 115 Å². The van der Waals surface area contributed by atoms with Gasteiger partial charge in [0, 0.05) is 0 Å². The van der Waals surface area contributed by atoms with Crippen LogP contribution in [0.4, 0.5) is 0 Å². The number of ether oxygens (including phenoxy) is 1. The van der Waals surface area contributed by atoms with Crippen molar-refractivity contribution < 1.29 is 18.7 Å². The molecule has 2 aromatic heterocycles. The molecule has 0 bridgehead atoms. The lowest BCUT2D eigenvalue weighted by Crippen LogP contribution is -2.13. The van der Waals surface area contributed by atoms with Gasteiger partial charge in [-0.15, -0.1) is 11.3 Å². The van der Waals surface area contributed by atoms with Gasteiger partial charge in [0.05, 0.1) is 23.7 Å². The van der Waals surface area contributed by atoms with E-state index in [4.69, 9.17) is 9.15 Å². The van der Waals surface area contributed by atoms with Crippen LogP contribution in [-0.2, 0) is 16.0 Å². The third-order valence-electron chi connectivity index (χ3n) is 2.34. The quantitative estimate of drug-likeness (QED) is 0.623. The van der Waals surface area contributed by atoms with Gasteiger partial charge in [0.1, 0.15) is 0 Å². The topological polar surface area (TPSA) is 56.5 Å². The van der Waals surface area contributed by atoms with Crippen molar-refractivity contribution in [1.82, 2.24) is 0 Å². The molecule has 5 heteroatoms. The molecule has 2 heterocycles. The van der Waals surface area contributed by atoms with E-state index in [1.807, 2.05) is 0 Å². The first kappa shape index (κ1) is 13.5. The third-order valence-corrected chi connectivity index (χ3v) is 3.32. The minimum Gasteiger partial charge on any atom is -0.463 e. The van der Waals surface area contributed by atoms with Gasteiger partial charge in [0.25, 0.3) is 0 Å². The van der Waals surface area contributed by atoms with Gasteiger partial charge in [-0.25, -0.2) is 0 Å². The van der Waals surface area contributed by atoms with Crippen molar-refractivity contribution in [2.24, 2.45) is 0 Å². The molecule has 0 aliphatic heterocycles. The van der Waals surface area contributed by atoms with Crippen molar-refractivity contribution in [3.63, 3.8) is 0 Å². The second-order valence-electron chi connectivity index (χ2n) is 4.34. The van der Waals surface area contributed by atoms with E-state index in [9.17, 15) is 9.59 Å². The van der Waals surface area contributed by atoms with Crippen LogP contribution < -0.4 is 0 Å². The van der Waals surface area contributed by atoms with E-state index in [1.165, 1.54) is 17.6 Å². The van der Waals surface area contributed by atoms with Crippen LogP contribution in [0.15, 0.2) is 34.3 Å². The Morgan fingerprint density at radius 2 is 2.21 bits per heavy atom. The summed E-state index contributed by atoms with van der Waals surface area (Å²) in [5.74, 6) is -0.151. The first-order valence-corrected chi connectivity index (χ1v) is 6.79. The first-order valence-electron chi connectivity index (χ1n) is 5.91. The van der Waals surface area contributed by atoms with Crippen LogP contribution in [0.3, 0.4) is 0 Å². The minimum atomic E-state index is -0.287. The van der Waals surface area contributed by atoms with Gasteiger partial charge >= 0.3 is 5.97 Å². The Hall–Kier alpha value is -1.88. The van der Waals surface area contributed by atoms with Crippen LogP contribution in [0.2, 0.25) is 0 Å². The van der Waals surface area contributed by atoms with Crippen LogP contribution in [0.5, 0.6) is 0 Å². The van der Waals surface area contributed by atoms with Crippen molar-refractivity contribution in [3.8, 4) is 0 Å². The molecule has 2 aromatic rings. The lowest BCUT2D eigenvalue weighted by atomic mass is 10.2.